The molecule has 19 heavy (non-hydrogen) atoms. The van der Waals surface area contributed by atoms with E-state index in [9.17, 15) is 0 Å². The van der Waals surface area contributed by atoms with E-state index in [4.69, 9.17) is 4.74 Å². The van der Waals surface area contributed by atoms with Crippen molar-refractivity contribution in [1.82, 2.24) is 0 Å². The molecular formula is C18H26O. The van der Waals surface area contributed by atoms with Gasteiger partial charge in [0.05, 0.1) is 6.26 Å². The Labute approximate surface area is 117 Å². The monoisotopic (exact) mass is 258 g/mol. The SMILES string of the molecule is CC(C)[C@@H]1CC[C@@H](C)C[C@H]1O/C=C/c1ccccc1. The molecule has 1 aliphatic rings. The van der Waals surface area contributed by atoms with E-state index in [0.717, 1.165) is 5.92 Å². The zero-order chi connectivity index (χ0) is 13.7. The summed E-state index contributed by atoms with van der Waals surface area (Å²) < 4.78 is 6.05. The van der Waals surface area contributed by atoms with Crippen LogP contribution < -0.4 is 0 Å². The van der Waals surface area contributed by atoms with Gasteiger partial charge in [0.25, 0.3) is 0 Å². The van der Waals surface area contributed by atoms with Crippen molar-refractivity contribution < 1.29 is 4.74 Å². The summed E-state index contributed by atoms with van der Waals surface area (Å²) in [6.45, 7) is 6.98. The summed E-state index contributed by atoms with van der Waals surface area (Å²) in [5, 5.41) is 0. The van der Waals surface area contributed by atoms with E-state index < -0.39 is 0 Å². The van der Waals surface area contributed by atoms with Crippen molar-refractivity contribution in [2.75, 3.05) is 0 Å². The van der Waals surface area contributed by atoms with E-state index in [2.05, 4.69) is 51.1 Å². The average Bonchev–Trinajstić information content (AvgIpc) is 2.39. The maximum Gasteiger partial charge on any atom is 0.101 e. The molecule has 0 amide bonds. The van der Waals surface area contributed by atoms with Crippen LogP contribution in [0, 0.1) is 17.8 Å². The van der Waals surface area contributed by atoms with Gasteiger partial charge in [-0.1, -0.05) is 57.5 Å². The molecule has 0 spiro atoms. The van der Waals surface area contributed by atoms with Crippen LogP contribution in [0.3, 0.4) is 0 Å². The third-order valence-electron chi connectivity index (χ3n) is 4.27. The molecule has 0 aromatic heterocycles. The second-order valence-electron chi connectivity index (χ2n) is 6.21. The Morgan fingerprint density at radius 1 is 1.16 bits per heavy atom. The fourth-order valence-corrected chi connectivity index (χ4v) is 3.05. The molecule has 0 aliphatic heterocycles. The van der Waals surface area contributed by atoms with Gasteiger partial charge in [-0.3, -0.25) is 0 Å². The first-order valence-corrected chi connectivity index (χ1v) is 7.54. The Kier molecular flexibility index (Phi) is 5.07. The minimum absolute atomic E-state index is 0.392. The number of rotatable bonds is 4. The first-order chi connectivity index (χ1) is 9.16. The van der Waals surface area contributed by atoms with Crippen molar-refractivity contribution in [3.63, 3.8) is 0 Å². The lowest BCUT2D eigenvalue weighted by molar-refractivity contribution is 0.0145. The van der Waals surface area contributed by atoms with Crippen molar-refractivity contribution >= 4 is 6.08 Å². The van der Waals surface area contributed by atoms with Gasteiger partial charge in [-0.25, -0.2) is 0 Å². The van der Waals surface area contributed by atoms with Crippen LogP contribution >= 0.6 is 0 Å². The summed E-state index contributed by atoms with van der Waals surface area (Å²) in [5.41, 5.74) is 1.20. The van der Waals surface area contributed by atoms with Crippen LogP contribution in [0.4, 0.5) is 0 Å². The van der Waals surface area contributed by atoms with Crippen molar-refractivity contribution in [1.29, 1.82) is 0 Å². The van der Waals surface area contributed by atoms with Gasteiger partial charge in [0.1, 0.15) is 6.10 Å². The summed E-state index contributed by atoms with van der Waals surface area (Å²) >= 11 is 0. The van der Waals surface area contributed by atoms with E-state index in [-0.39, 0.29) is 0 Å². The zero-order valence-electron chi connectivity index (χ0n) is 12.4. The first kappa shape index (κ1) is 14.2. The van der Waals surface area contributed by atoms with E-state index in [0.29, 0.717) is 17.9 Å². The summed E-state index contributed by atoms with van der Waals surface area (Å²) in [4.78, 5) is 0. The lowest BCUT2D eigenvalue weighted by Gasteiger charge is -2.36. The molecule has 1 heteroatoms. The molecule has 2 rings (SSSR count). The normalized spacial score (nSPS) is 27.9. The molecule has 1 nitrogen and oxygen atoms in total. The minimum atomic E-state index is 0.392. The molecule has 104 valence electrons. The highest BCUT2D eigenvalue weighted by Gasteiger charge is 2.31. The van der Waals surface area contributed by atoms with E-state index in [1.807, 2.05) is 12.3 Å². The van der Waals surface area contributed by atoms with Crippen LogP contribution in [0.25, 0.3) is 6.08 Å². The highest BCUT2D eigenvalue weighted by molar-refractivity contribution is 5.47. The molecule has 1 aromatic rings. The van der Waals surface area contributed by atoms with Gasteiger partial charge >= 0.3 is 0 Å². The molecule has 0 radical (unpaired) electrons. The lowest BCUT2D eigenvalue weighted by atomic mass is 9.75. The summed E-state index contributed by atoms with van der Waals surface area (Å²) in [5.74, 6) is 2.21. The van der Waals surface area contributed by atoms with Crippen molar-refractivity contribution in [2.45, 2.75) is 46.1 Å². The van der Waals surface area contributed by atoms with Crippen LogP contribution in [-0.2, 0) is 4.74 Å². The Morgan fingerprint density at radius 2 is 1.89 bits per heavy atom. The van der Waals surface area contributed by atoms with Crippen LogP contribution in [0.1, 0.15) is 45.6 Å². The van der Waals surface area contributed by atoms with Crippen molar-refractivity contribution in [3.8, 4) is 0 Å². The smallest absolute Gasteiger partial charge is 0.101 e. The second kappa shape index (κ2) is 6.79. The van der Waals surface area contributed by atoms with E-state index >= 15 is 0 Å². The van der Waals surface area contributed by atoms with Gasteiger partial charge in [0, 0.05) is 0 Å². The van der Waals surface area contributed by atoms with Crippen LogP contribution in [0.15, 0.2) is 36.6 Å². The van der Waals surface area contributed by atoms with Crippen LogP contribution in [0.5, 0.6) is 0 Å². The molecule has 1 fully saturated rings. The molecule has 3 atom stereocenters. The van der Waals surface area contributed by atoms with Crippen molar-refractivity contribution in [2.24, 2.45) is 17.8 Å². The van der Waals surface area contributed by atoms with Gasteiger partial charge in [0.15, 0.2) is 0 Å². The van der Waals surface area contributed by atoms with Crippen LogP contribution in [-0.4, -0.2) is 6.10 Å². The number of hydrogen-bond donors (Lipinski definition) is 0. The molecule has 0 bridgehead atoms. The standard InChI is InChI=1S/C18H26O/c1-14(2)17-10-9-15(3)13-18(17)19-12-11-16-7-5-4-6-8-16/h4-8,11-12,14-15,17-18H,9-10,13H2,1-3H3/b12-11+/t15-,17+,18-/m1/s1. The van der Waals surface area contributed by atoms with E-state index in [1.165, 1.54) is 24.8 Å². The highest BCUT2D eigenvalue weighted by Crippen LogP contribution is 2.35. The summed E-state index contributed by atoms with van der Waals surface area (Å²) in [7, 11) is 0. The quantitative estimate of drug-likeness (QED) is 0.680. The van der Waals surface area contributed by atoms with Gasteiger partial charge < -0.3 is 4.74 Å². The fraction of sp³-hybridized carbons (Fsp3) is 0.556. The van der Waals surface area contributed by atoms with Gasteiger partial charge in [0.2, 0.25) is 0 Å². The predicted octanol–water partition coefficient (Wildman–Crippen LogP) is 5.13. The fourth-order valence-electron chi connectivity index (χ4n) is 3.05. The second-order valence-corrected chi connectivity index (χ2v) is 6.21. The average molecular weight is 258 g/mol. The molecule has 0 heterocycles. The Bertz CT molecular complexity index is 393. The maximum atomic E-state index is 6.05. The molecule has 1 aromatic carbocycles. The molecular weight excluding hydrogens is 232 g/mol. The lowest BCUT2D eigenvalue weighted by Crippen LogP contribution is -2.33. The van der Waals surface area contributed by atoms with Gasteiger partial charge in [-0.15, -0.1) is 0 Å². The predicted molar refractivity (Wildman–Crippen MR) is 81.7 cm³/mol. The van der Waals surface area contributed by atoms with E-state index in [1.54, 1.807) is 0 Å². The molecule has 1 saturated carbocycles. The third-order valence-corrected chi connectivity index (χ3v) is 4.27. The number of ether oxygens (including phenoxy) is 1. The number of benzene rings is 1. The van der Waals surface area contributed by atoms with Crippen molar-refractivity contribution in [3.05, 3.63) is 42.2 Å². The first-order valence-electron chi connectivity index (χ1n) is 7.54. The minimum Gasteiger partial charge on any atom is -0.498 e. The molecule has 1 aliphatic carbocycles. The maximum absolute atomic E-state index is 6.05. The summed E-state index contributed by atoms with van der Waals surface area (Å²) in [6.07, 6.45) is 8.21. The topological polar surface area (TPSA) is 9.23 Å². The highest BCUT2D eigenvalue weighted by atomic mass is 16.5. The van der Waals surface area contributed by atoms with Gasteiger partial charge in [-0.2, -0.15) is 0 Å². The Balaban J connectivity index is 1.94. The summed E-state index contributed by atoms with van der Waals surface area (Å²) in [6, 6.07) is 10.3. The molecule has 0 unspecified atom stereocenters. The molecule has 0 N–H and O–H groups in total. The van der Waals surface area contributed by atoms with Gasteiger partial charge in [-0.05, 0) is 42.2 Å². The van der Waals surface area contributed by atoms with Crippen LogP contribution in [0.2, 0.25) is 0 Å². The molecule has 0 saturated heterocycles. The Hall–Kier alpha value is -1.24. The third kappa shape index (κ3) is 4.12. The number of hydrogen-bond acceptors (Lipinski definition) is 1. The Morgan fingerprint density at radius 3 is 2.58 bits per heavy atom. The largest absolute Gasteiger partial charge is 0.498 e. The zero-order valence-corrected chi connectivity index (χ0v) is 12.4.